The lowest BCUT2D eigenvalue weighted by atomic mass is 10.2. The van der Waals surface area contributed by atoms with Crippen molar-refractivity contribution >= 4 is 17.2 Å². The van der Waals surface area contributed by atoms with E-state index in [2.05, 4.69) is 4.99 Å². The predicted molar refractivity (Wildman–Crippen MR) is 86.0 cm³/mol. The molecule has 0 radical (unpaired) electrons. The molecule has 0 saturated carbocycles. The number of nitrogens with zero attached hydrogens (tertiary/aromatic N) is 3. The standard InChI is InChI=1S/C16H17N3O3/c1-18(2)16(12-7-9-15(22-3)10-8-12)17-13-5-4-6-14(11-13)19(20)21/h4-11H,1-3H3. The second-order valence-electron chi connectivity index (χ2n) is 4.84. The molecule has 2 aromatic rings. The molecule has 0 amide bonds. The highest BCUT2D eigenvalue weighted by molar-refractivity contribution is 6.00. The van der Waals surface area contributed by atoms with E-state index in [0.29, 0.717) is 11.5 Å². The van der Waals surface area contributed by atoms with Gasteiger partial charge in [0.15, 0.2) is 0 Å². The molecule has 6 nitrogen and oxygen atoms in total. The fourth-order valence-electron chi connectivity index (χ4n) is 1.96. The van der Waals surface area contributed by atoms with Crippen LogP contribution in [0.2, 0.25) is 0 Å². The van der Waals surface area contributed by atoms with Crippen molar-refractivity contribution < 1.29 is 9.66 Å². The Balaban J connectivity index is 2.42. The number of hydrogen-bond donors (Lipinski definition) is 0. The summed E-state index contributed by atoms with van der Waals surface area (Å²) in [5, 5.41) is 10.8. The molecule has 0 aliphatic rings. The van der Waals surface area contributed by atoms with Crippen molar-refractivity contribution in [3.63, 3.8) is 0 Å². The van der Waals surface area contributed by atoms with Crippen LogP contribution >= 0.6 is 0 Å². The number of hydrogen-bond acceptors (Lipinski definition) is 4. The minimum atomic E-state index is -0.429. The fraction of sp³-hybridized carbons (Fsp3) is 0.188. The zero-order valence-corrected chi connectivity index (χ0v) is 12.7. The van der Waals surface area contributed by atoms with Crippen LogP contribution in [-0.2, 0) is 0 Å². The lowest BCUT2D eigenvalue weighted by Crippen LogP contribution is -2.22. The third-order valence-corrected chi connectivity index (χ3v) is 3.05. The van der Waals surface area contributed by atoms with E-state index >= 15 is 0 Å². The van der Waals surface area contributed by atoms with Gasteiger partial charge in [0.1, 0.15) is 11.6 Å². The van der Waals surface area contributed by atoms with E-state index in [-0.39, 0.29) is 5.69 Å². The number of rotatable bonds is 4. The van der Waals surface area contributed by atoms with Crippen LogP contribution in [0.5, 0.6) is 5.75 Å². The zero-order valence-electron chi connectivity index (χ0n) is 12.7. The van der Waals surface area contributed by atoms with Gasteiger partial charge in [-0.2, -0.15) is 0 Å². The summed E-state index contributed by atoms with van der Waals surface area (Å²) in [4.78, 5) is 16.8. The summed E-state index contributed by atoms with van der Waals surface area (Å²) < 4.78 is 5.14. The first-order valence-electron chi connectivity index (χ1n) is 6.66. The lowest BCUT2D eigenvalue weighted by Gasteiger charge is -2.16. The smallest absolute Gasteiger partial charge is 0.271 e. The summed E-state index contributed by atoms with van der Waals surface area (Å²) in [6.45, 7) is 0. The molecule has 2 rings (SSSR count). The largest absolute Gasteiger partial charge is 0.497 e. The quantitative estimate of drug-likeness (QED) is 0.376. The topological polar surface area (TPSA) is 68.0 Å². The van der Waals surface area contributed by atoms with Crippen LogP contribution in [0.4, 0.5) is 11.4 Å². The number of aliphatic imine (C=N–C) groups is 1. The van der Waals surface area contributed by atoms with Crippen molar-refractivity contribution in [2.24, 2.45) is 4.99 Å². The zero-order chi connectivity index (χ0) is 16.1. The third kappa shape index (κ3) is 3.60. The Morgan fingerprint density at radius 1 is 1.18 bits per heavy atom. The molecule has 0 atom stereocenters. The van der Waals surface area contributed by atoms with Gasteiger partial charge in [0.2, 0.25) is 0 Å². The van der Waals surface area contributed by atoms with Crippen LogP contribution in [0.15, 0.2) is 53.5 Å². The summed E-state index contributed by atoms with van der Waals surface area (Å²) in [5.74, 6) is 1.47. The molecule has 0 saturated heterocycles. The molecule has 0 aliphatic carbocycles. The van der Waals surface area contributed by atoms with E-state index in [1.807, 2.05) is 43.3 Å². The molecule has 0 aliphatic heterocycles. The number of amidine groups is 1. The second kappa shape index (κ2) is 6.71. The Morgan fingerprint density at radius 3 is 2.41 bits per heavy atom. The SMILES string of the molecule is COc1ccc(C(=Nc2cccc([N+](=O)[O-])c2)N(C)C)cc1. The second-order valence-corrected chi connectivity index (χ2v) is 4.84. The first-order chi connectivity index (χ1) is 10.5. The molecule has 6 heteroatoms. The van der Waals surface area contributed by atoms with Gasteiger partial charge in [0, 0.05) is 31.8 Å². The van der Waals surface area contributed by atoms with Gasteiger partial charge in [0.05, 0.1) is 17.7 Å². The average Bonchev–Trinajstić information content (AvgIpc) is 2.53. The first kappa shape index (κ1) is 15.5. The molecule has 0 N–H and O–H groups in total. The number of ether oxygens (including phenoxy) is 1. The first-order valence-corrected chi connectivity index (χ1v) is 6.66. The molecule has 0 fully saturated rings. The van der Waals surface area contributed by atoms with Gasteiger partial charge in [-0.25, -0.2) is 4.99 Å². The minimum absolute atomic E-state index is 0.0223. The van der Waals surface area contributed by atoms with Crippen LogP contribution in [0, 0.1) is 10.1 Å². The number of nitro benzene ring substituents is 1. The number of methoxy groups -OCH3 is 1. The predicted octanol–water partition coefficient (Wildman–Crippen LogP) is 3.24. The summed E-state index contributed by atoms with van der Waals surface area (Å²) >= 11 is 0. The average molecular weight is 299 g/mol. The Hall–Kier alpha value is -2.89. The normalized spacial score (nSPS) is 11.1. The van der Waals surface area contributed by atoms with E-state index in [1.165, 1.54) is 12.1 Å². The Kier molecular flexibility index (Phi) is 4.73. The van der Waals surface area contributed by atoms with Crippen molar-refractivity contribution in [1.29, 1.82) is 0 Å². The van der Waals surface area contributed by atoms with E-state index in [0.717, 1.165) is 11.3 Å². The van der Waals surface area contributed by atoms with Crippen LogP contribution < -0.4 is 4.74 Å². The van der Waals surface area contributed by atoms with E-state index in [9.17, 15) is 10.1 Å². The molecule has 0 unspecified atom stereocenters. The van der Waals surface area contributed by atoms with Crippen molar-refractivity contribution in [3.8, 4) is 5.75 Å². The summed E-state index contributed by atoms with van der Waals surface area (Å²) in [7, 11) is 5.36. The van der Waals surface area contributed by atoms with Crippen LogP contribution in [0.25, 0.3) is 0 Å². The van der Waals surface area contributed by atoms with Crippen molar-refractivity contribution in [2.75, 3.05) is 21.2 Å². The maximum absolute atomic E-state index is 10.8. The number of benzene rings is 2. The number of non-ortho nitro benzene ring substituents is 1. The molecular formula is C16H17N3O3. The lowest BCUT2D eigenvalue weighted by molar-refractivity contribution is -0.384. The van der Waals surface area contributed by atoms with Gasteiger partial charge in [-0.05, 0) is 30.3 Å². The van der Waals surface area contributed by atoms with Gasteiger partial charge >= 0.3 is 0 Å². The summed E-state index contributed by atoms with van der Waals surface area (Å²) in [6, 6.07) is 13.8. The molecule has 114 valence electrons. The van der Waals surface area contributed by atoms with Crippen molar-refractivity contribution in [1.82, 2.24) is 4.90 Å². The Bertz CT molecular complexity index is 694. The van der Waals surface area contributed by atoms with Crippen LogP contribution in [0.3, 0.4) is 0 Å². The highest BCUT2D eigenvalue weighted by Crippen LogP contribution is 2.22. The third-order valence-electron chi connectivity index (χ3n) is 3.05. The molecule has 0 heterocycles. The highest BCUT2D eigenvalue weighted by Gasteiger charge is 2.09. The fourth-order valence-corrected chi connectivity index (χ4v) is 1.96. The summed E-state index contributed by atoms with van der Waals surface area (Å²) in [6.07, 6.45) is 0. The molecule has 0 bridgehead atoms. The van der Waals surface area contributed by atoms with Crippen LogP contribution in [0.1, 0.15) is 5.56 Å². The van der Waals surface area contributed by atoms with Crippen molar-refractivity contribution in [2.45, 2.75) is 0 Å². The van der Waals surface area contributed by atoms with Gasteiger partial charge in [-0.3, -0.25) is 10.1 Å². The Morgan fingerprint density at radius 2 is 1.86 bits per heavy atom. The maximum Gasteiger partial charge on any atom is 0.271 e. The van der Waals surface area contributed by atoms with E-state index in [1.54, 1.807) is 19.2 Å². The monoisotopic (exact) mass is 299 g/mol. The minimum Gasteiger partial charge on any atom is -0.497 e. The molecule has 2 aromatic carbocycles. The van der Waals surface area contributed by atoms with E-state index in [4.69, 9.17) is 4.74 Å². The van der Waals surface area contributed by atoms with Gasteiger partial charge < -0.3 is 9.64 Å². The van der Waals surface area contributed by atoms with Crippen LogP contribution in [-0.4, -0.2) is 36.9 Å². The highest BCUT2D eigenvalue weighted by atomic mass is 16.6. The van der Waals surface area contributed by atoms with E-state index < -0.39 is 4.92 Å². The maximum atomic E-state index is 10.8. The summed E-state index contributed by atoms with van der Waals surface area (Å²) in [5.41, 5.74) is 1.46. The van der Waals surface area contributed by atoms with Gasteiger partial charge in [0.25, 0.3) is 5.69 Å². The molecule has 22 heavy (non-hydrogen) atoms. The number of nitro groups is 1. The van der Waals surface area contributed by atoms with Gasteiger partial charge in [-0.1, -0.05) is 6.07 Å². The van der Waals surface area contributed by atoms with Crippen molar-refractivity contribution in [3.05, 3.63) is 64.2 Å². The Labute approximate surface area is 128 Å². The molecule has 0 aromatic heterocycles. The van der Waals surface area contributed by atoms with Gasteiger partial charge in [-0.15, -0.1) is 0 Å². The molecule has 0 spiro atoms. The molecular weight excluding hydrogens is 282 g/mol.